The van der Waals surface area contributed by atoms with Crippen LogP contribution in [0.3, 0.4) is 0 Å². The predicted octanol–water partition coefficient (Wildman–Crippen LogP) is 3.69. The van der Waals surface area contributed by atoms with E-state index in [2.05, 4.69) is 25.8 Å². The molecule has 0 fully saturated rings. The summed E-state index contributed by atoms with van der Waals surface area (Å²) in [6.07, 6.45) is 0. The number of carbonyl (C=O) groups excluding carboxylic acids is 1. The summed E-state index contributed by atoms with van der Waals surface area (Å²) < 4.78 is 4.94. The van der Waals surface area contributed by atoms with Crippen molar-refractivity contribution in [1.29, 1.82) is 0 Å². The van der Waals surface area contributed by atoms with Crippen LogP contribution in [0.5, 0.6) is 0 Å². The lowest BCUT2D eigenvalue weighted by Crippen LogP contribution is -2.15. The molecule has 0 spiro atoms. The van der Waals surface area contributed by atoms with E-state index in [0.29, 0.717) is 23.2 Å². The predicted molar refractivity (Wildman–Crippen MR) is 95.2 cm³/mol. The molecule has 0 aliphatic heterocycles. The summed E-state index contributed by atoms with van der Waals surface area (Å²) in [7, 11) is 0. The highest BCUT2D eigenvalue weighted by molar-refractivity contribution is 6.02. The van der Waals surface area contributed by atoms with Crippen molar-refractivity contribution in [3.8, 4) is 0 Å². The Labute approximate surface area is 145 Å². The van der Waals surface area contributed by atoms with Gasteiger partial charge in [-0.25, -0.2) is 9.97 Å². The maximum atomic E-state index is 12.4. The van der Waals surface area contributed by atoms with Gasteiger partial charge in [0.25, 0.3) is 5.91 Å². The van der Waals surface area contributed by atoms with Gasteiger partial charge in [-0.05, 0) is 38.8 Å². The SMILES string of the molecule is Cc1nc(Nc2c(C)cccc2C)cc(C(=O)Nc2cc(C)on2)n1. The van der Waals surface area contributed by atoms with E-state index >= 15 is 0 Å². The number of nitrogens with one attached hydrogen (secondary N) is 2. The molecule has 0 radical (unpaired) electrons. The summed E-state index contributed by atoms with van der Waals surface area (Å²) in [5, 5.41) is 9.69. The molecule has 0 saturated carbocycles. The van der Waals surface area contributed by atoms with Gasteiger partial charge in [0, 0.05) is 17.8 Å². The van der Waals surface area contributed by atoms with Gasteiger partial charge in [0.05, 0.1) is 0 Å². The second-order valence-electron chi connectivity index (χ2n) is 5.85. The van der Waals surface area contributed by atoms with Gasteiger partial charge in [-0.3, -0.25) is 4.79 Å². The smallest absolute Gasteiger partial charge is 0.275 e. The van der Waals surface area contributed by atoms with Crippen LogP contribution in [0.1, 0.15) is 33.2 Å². The number of rotatable bonds is 4. The molecular weight excluding hydrogens is 318 g/mol. The molecule has 1 aromatic carbocycles. The number of para-hydroxylation sites is 1. The number of hydrogen-bond acceptors (Lipinski definition) is 6. The third-order valence-electron chi connectivity index (χ3n) is 3.67. The van der Waals surface area contributed by atoms with E-state index < -0.39 is 0 Å². The lowest BCUT2D eigenvalue weighted by molar-refractivity contribution is 0.102. The minimum atomic E-state index is -0.372. The second kappa shape index (κ2) is 6.72. The minimum Gasteiger partial charge on any atom is -0.360 e. The highest BCUT2D eigenvalue weighted by Gasteiger charge is 2.13. The Bertz CT molecular complexity index is 913. The lowest BCUT2D eigenvalue weighted by Gasteiger charge is -2.13. The van der Waals surface area contributed by atoms with Crippen molar-refractivity contribution in [2.75, 3.05) is 10.6 Å². The number of aromatic nitrogens is 3. The average Bonchev–Trinajstić information content (AvgIpc) is 2.95. The largest absolute Gasteiger partial charge is 0.360 e. The van der Waals surface area contributed by atoms with E-state index in [1.54, 1.807) is 26.0 Å². The summed E-state index contributed by atoms with van der Waals surface area (Å²) in [5.74, 6) is 1.65. The summed E-state index contributed by atoms with van der Waals surface area (Å²) in [6, 6.07) is 9.29. The fourth-order valence-corrected chi connectivity index (χ4v) is 2.49. The van der Waals surface area contributed by atoms with Gasteiger partial charge in [-0.1, -0.05) is 23.4 Å². The van der Waals surface area contributed by atoms with Crippen LogP contribution in [0, 0.1) is 27.7 Å². The number of hydrogen-bond donors (Lipinski definition) is 2. The topological polar surface area (TPSA) is 92.9 Å². The Morgan fingerprint density at radius 3 is 2.36 bits per heavy atom. The van der Waals surface area contributed by atoms with Crippen molar-refractivity contribution in [3.05, 3.63) is 58.7 Å². The molecule has 0 atom stereocenters. The molecule has 3 rings (SSSR count). The van der Waals surface area contributed by atoms with Crippen molar-refractivity contribution in [2.45, 2.75) is 27.7 Å². The Balaban J connectivity index is 1.86. The van der Waals surface area contributed by atoms with Gasteiger partial charge in [-0.15, -0.1) is 0 Å². The van der Waals surface area contributed by atoms with Gasteiger partial charge in [0.15, 0.2) is 5.82 Å². The molecule has 128 valence electrons. The fourth-order valence-electron chi connectivity index (χ4n) is 2.49. The average molecular weight is 337 g/mol. The Morgan fingerprint density at radius 2 is 1.72 bits per heavy atom. The van der Waals surface area contributed by atoms with Crippen LogP contribution in [-0.4, -0.2) is 21.0 Å². The molecule has 7 nitrogen and oxygen atoms in total. The zero-order chi connectivity index (χ0) is 18.0. The van der Waals surface area contributed by atoms with E-state index in [4.69, 9.17) is 4.52 Å². The lowest BCUT2D eigenvalue weighted by atomic mass is 10.1. The number of aryl methyl sites for hydroxylation is 4. The van der Waals surface area contributed by atoms with Crippen LogP contribution in [-0.2, 0) is 0 Å². The van der Waals surface area contributed by atoms with Gasteiger partial charge >= 0.3 is 0 Å². The Hall–Kier alpha value is -3.22. The summed E-state index contributed by atoms with van der Waals surface area (Å²) >= 11 is 0. The number of amides is 1. The third kappa shape index (κ3) is 3.82. The third-order valence-corrected chi connectivity index (χ3v) is 3.67. The summed E-state index contributed by atoms with van der Waals surface area (Å²) in [6.45, 7) is 7.53. The molecular formula is C18H19N5O2. The molecule has 25 heavy (non-hydrogen) atoms. The molecule has 0 saturated heterocycles. The standard InChI is InChI=1S/C18H19N5O2/c1-10-6-5-7-11(2)17(10)21-15-9-14(19-13(4)20-15)18(24)22-16-8-12(3)25-23-16/h5-9H,1-4H3,(H,19,20,21)(H,22,23,24). The molecule has 0 unspecified atom stereocenters. The molecule has 7 heteroatoms. The fraction of sp³-hybridized carbons (Fsp3) is 0.222. The molecule has 0 bridgehead atoms. The summed E-state index contributed by atoms with van der Waals surface area (Å²) in [4.78, 5) is 21.0. The first-order valence-corrected chi connectivity index (χ1v) is 7.86. The Kier molecular flexibility index (Phi) is 4.47. The molecule has 2 aromatic heterocycles. The highest BCUT2D eigenvalue weighted by atomic mass is 16.5. The maximum absolute atomic E-state index is 12.4. The van der Waals surface area contributed by atoms with Gasteiger partial charge < -0.3 is 15.2 Å². The molecule has 2 heterocycles. The van der Waals surface area contributed by atoms with Crippen LogP contribution in [0.15, 0.2) is 34.9 Å². The first kappa shape index (κ1) is 16.6. The number of nitrogens with zero attached hydrogens (tertiary/aromatic N) is 3. The normalized spacial score (nSPS) is 10.6. The van der Waals surface area contributed by atoms with Crippen LogP contribution < -0.4 is 10.6 Å². The molecule has 1 amide bonds. The van der Waals surface area contributed by atoms with Crippen LogP contribution in [0.2, 0.25) is 0 Å². The number of anilines is 3. The first-order valence-electron chi connectivity index (χ1n) is 7.86. The quantitative estimate of drug-likeness (QED) is 0.754. The van der Waals surface area contributed by atoms with E-state index in [0.717, 1.165) is 16.8 Å². The maximum Gasteiger partial charge on any atom is 0.275 e. The van der Waals surface area contributed by atoms with E-state index in [1.807, 2.05) is 32.0 Å². The number of benzene rings is 1. The minimum absolute atomic E-state index is 0.252. The number of carbonyl (C=O) groups is 1. The first-order chi connectivity index (χ1) is 11.9. The van der Waals surface area contributed by atoms with Crippen molar-refractivity contribution in [1.82, 2.24) is 15.1 Å². The zero-order valence-corrected chi connectivity index (χ0v) is 14.5. The van der Waals surface area contributed by atoms with E-state index in [9.17, 15) is 4.79 Å². The van der Waals surface area contributed by atoms with Gasteiger partial charge in [-0.2, -0.15) is 0 Å². The van der Waals surface area contributed by atoms with Crippen molar-refractivity contribution in [2.24, 2.45) is 0 Å². The Morgan fingerprint density at radius 1 is 1.00 bits per heavy atom. The monoisotopic (exact) mass is 337 g/mol. The van der Waals surface area contributed by atoms with Gasteiger partial charge in [0.2, 0.25) is 0 Å². The van der Waals surface area contributed by atoms with Crippen molar-refractivity contribution >= 4 is 23.2 Å². The second-order valence-corrected chi connectivity index (χ2v) is 5.85. The van der Waals surface area contributed by atoms with Crippen LogP contribution in [0.4, 0.5) is 17.3 Å². The van der Waals surface area contributed by atoms with Crippen LogP contribution >= 0.6 is 0 Å². The van der Waals surface area contributed by atoms with Crippen LogP contribution in [0.25, 0.3) is 0 Å². The molecule has 0 aliphatic carbocycles. The van der Waals surface area contributed by atoms with Gasteiger partial charge in [0.1, 0.15) is 23.1 Å². The van der Waals surface area contributed by atoms with E-state index in [-0.39, 0.29) is 11.6 Å². The molecule has 3 aromatic rings. The van der Waals surface area contributed by atoms with Crippen molar-refractivity contribution in [3.63, 3.8) is 0 Å². The van der Waals surface area contributed by atoms with E-state index in [1.165, 1.54) is 0 Å². The summed E-state index contributed by atoms with van der Waals surface area (Å²) in [5.41, 5.74) is 3.42. The molecule has 2 N–H and O–H groups in total. The highest BCUT2D eigenvalue weighted by Crippen LogP contribution is 2.23. The van der Waals surface area contributed by atoms with Crippen molar-refractivity contribution < 1.29 is 9.32 Å². The molecule has 0 aliphatic rings. The zero-order valence-electron chi connectivity index (χ0n) is 14.5.